The van der Waals surface area contributed by atoms with Crippen LogP contribution in [0.5, 0.6) is 5.88 Å². The molecule has 1 aliphatic heterocycles. The van der Waals surface area contributed by atoms with Gasteiger partial charge < -0.3 is 52.4 Å². The Hall–Kier alpha value is -5.12. The number of esters is 7. The molecule has 0 N–H and O–H groups in total. The summed E-state index contributed by atoms with van der Waals surface area (Å²) in [6, 6.07) is 0. The van der Waals surface area contributed by atoms with Crippen molar-refractivity contribution in [1.82, 2.24) is 13.6 Å². The predicted molar refractivity (Wildman–Crippen MR) is 185 cm³/mol. The number of amides is 1. The molecular weight excluding hydrogens is 756 g/mol. The molecule has 0 aliphatic carbocycles. The summed E-state index contributed by atoms with van der Waals surface area (Å²) in [5.74, 6) is -6.89. The number of carbonyl (C=O) groups is 8. The summed E-state index contributed by atoms with van der Waals surface area (Å²) in [6.45, 7) is 11.6. The molecule has 0 spiro atoms. The molecule has 2 rings (SSSR count). The van der Waals surface area contributed by atoms with Crippen molar-refractivity contribution in [3.63, 3.8) is 0 Å². The van der Waals surface area contributed by atoms with Crippen LogP contribution in [0.15, 0.2) is 0 Å². The van der Waals surface area contributed by atoms with E-state index in [4.69, 9.17) is 42.6 Å². The van der Waals surface area contributed by atoms with Crippen LogP contribution in [0.25, 0.3) is 0 Å². The van der Waals surface area contributed by atoms with Gasteiger partial charge in [0.2, 0.25) is 5.82 Å². The third-order valence-corrected chi connectivity index (χ3v) is 7.73. The van der Waals surface area contributed by atoms with Crippen LogP contribution in [0.3, 0.4) is 0 Å². The molecule has 1 fully saturated rings. The highest BCUT2D eigenvalue weighted by molar-refractivity contribution is 6.99. The van der Waals surface area contributed by atoms with Crippen LogP contribution < -0.4 is 9.64 Å². The number of hydrogen-bond donors (Lipinski definition) is 0. The van der Waals surface area contributed by atoms with E-state index < -0.39 is 97.0 Å². The molecule has 55 heavy (non-hydrogen) atoms. The van der Waals surface area contributed by atoms with Crippen molar-refractivity contribution in [2.24, 2.45) is 0 Å². The summed E-state index contributed by atoms with van der Waals surface area (Å²) in [5.41, 5.74) is -0.956. The summed E-state index contributed by atoms with van der Waals surface area (Å²) < 4.78 is 54.8. The lowest BCUT2D eigenvalue weighted by Gasteiger charge is -2.37. The lowest BCUT2D eigenvalue weighted by molar-refractivity contribution is -0.179. The molecule has 308 valence electrons. The Labute approximate surface area is 321 Å². The van der Waals surface area contributed by atoms with E-state index in [0.29, 0.717) is 32.1 Å². The minimum atomic E-state index is -1.48. The minimum Gasteiger partial charge on any atom is -0.470 e. The maximum atomic E-state index is 13.5. The van der Waals surface area contributed by atoms with Crippen molar-refractivity contribution < 1.29 is 81.0 Å². The zero-order valence-electron chi connectivity index (χ0n) is 32.2. The molecule has 1 saturated heterocycles. The topological polar surface area (TPSA) is 252 Å². The Morgan fingerprint density at radius 3 is 1.71 bits per heavy atom. The molecule has 0 bridgehead atoms. The van der Waals surface area contributed by atoms with E-state index in [2.05, 4.69) is 8.75 Å². The molecule has 4 unspecified atom stereocenters. The second-order valence-corrected chi connectivity index (χ2v) is 13.5. The van der Waals surface area contributed by atoms with Crippen molar-refractivity contribution in [2.75, 3.05) is 57.6 Å². The predicted octanol–water partition coefficient (Wildman–Crippen LogP) is 0.145. The highest BCUT2D eigenvalue weighted by atomic mass is 32.1. The molecule has 1 aromatic heterocycles. The van der Waals surface area contributed by atoms with Gasteiger partial charge in [-0.05, 0) is 48.5 Å². The third kappa shape index (κ3) is 16.0. The van der Waals surface area contributed by atoms with E-state index in [1.54, 1.807) is 20.8 Å². The number of carbonyl (C=O) groups excluding carboxylic acids is 8. The monoisotopic (exact) mass is 804 g/mol. The Balaban J connectivity index is 2.16. The first kappa shape index (κ1) is 46.0. The quantitative estimate of drug-likeness (QED) is 0.133. The van der Waals surface area contributed by atoms with Crippen LogP contribution in [-0.4, -0.2) is 150 Å². The molecule has 2 heterocycles. The van der Waals surface area contributed by atoms with Gasteiger partial charge in [-0.25, -0.2) is 24.0 Å². The van der Waals surface area contributed by atoms with E-state index in [0.717, 1.165) is 25.6 Å². The zero-order chi connectivity index (χ0) is 41.5. The van der Waals surface area contributed by atoms with Gasteiger partial charge in [0, 0.05) is 32.5 Å². The lowest BCUT2D eigenvalue weighted by atomic mass is 10.1. The molecule has 0 saturated carbocycles. The average Bonchev–Trinajstić information content (AvgIpc) is 3.58. The highest BCUT2D eigenvalue weighted by Gasteiger charge is 2.34. The second kappa shape index (κ2) is 21.7. The van der Waals surface area contributed by atoms with Crippen LogP contribution >= 0.6 is 11.7 Å². The fraction of sp³-hybridized carbons (Fsp3) is 0.697. The van der Waals surface area contributed by atoms with Gasteiger partial charge in [-0.1, -0.05) is 0 Å². The number of aromatic nitrogens is 2. The number of anilines is 1. The van der Waals surface area contributed by atoms with Crippen LogP contribution in [0.2, 0.25) is 0 Å². The largest absolute Gasteiger partial charge is 0.470 e. The first-order valence-corrected chi connectivity index (χ1v) is 17.8. The van der Waals surface area contributed by atoms with Crippen LogP contribution in [0.1, 0.15) is 62.3 Å². The number of morpholine rings is 1. The Kier molecular flexibility index (Phi) is 18.2. The third-order valence-electron chi connectivity index (χ3n) is 7.22. The van der Waals surface area contributed by atoms with E-state index in [1.165, 1.54) is 32.6 Å². The van der Waals surface area contributed by atoms with E-state index in [1.807, 2.05) is 4.90 Å². The fourth-order valence-corrected chi connectivity index (χ4v) is 5.03. The van der Waals surface area contributed by atoms with Crippen molar-refractivity contribution in [1.29, 1.82) is 0 Å². The molecule has 21 nitrogen and oxygen atoms in total. The Morgan fingerprint density at radius 2 is 1.22 bits per heavy atom. The summed E-state index contributed by atoms with van der Waals surface area (Å²) in [6.07, 6.45) is -6.75. The lowest BCUT2D eigenvalue weighted by Crippen LogP contribution is -2.52. The standard InChI is InChI=1S/C33H48N4O17S/c1-18(52-31(44)20(3)50-22(5)38)29(42)48-16-25(40)37(33(7,8)9)14-24(15-47-28-27(34-55-35-28)36-10-12-46-13-11-36)54-26(41)17-49-30(43)19(2)53-32(45)21(4)51-23(6)39/h18-21,24H,10-17H2,1-9H3/t18?,19?,20?,21?,24-/m0/s1. The first-order valence-electron chi connectivity index (χ1n) is 17.1. The van der Waals surface area contributed by atoms with E-state index >= 15 is 0 Å². The zero-order valence-corrected chi connectivity index (χ0v) is 33.0. The Bertz CT molecular complexity index is 1520. The average molecular weight is 805 g/mol. The summed E-state index contributed by atoms with van der Waals surface area (Å²) >= 11 is 0.891. The van der Waals surface area contributed by atoms with Crippen molar-refractivity contribution in [2.45, 2.75) is 98.4 Å². The van der Waals surface area contributed by atoms with Crippen LogP contribution in [-0.2, 0) is 76.3 Å². The number of nitrogens with zero attached hydrogens (tertiary/aromatic N) is 4. The summed E-state index contributed by atoms with van der Waals surface area (Å²) in [7, 11) is 0. The second-order valence-electron chi connectivity index (χ2n) is 13.0. The smallest absolute Gasteiger partial charge is 0.347 e. The first-order chi connectivity index (χ1) is 25.7. The molecular formula is C33H48N4O17S. The molecule has 22 heteroatoms. The van der Waals surface area contributed by atoms with Crippen LogP contribution in [0.4, 0.5) is 5.82 Å². The van der Waals surface area contributed by atoms with Gasteiger partial charge in [-0.3, -0.25) is 14.4 Å². The molecule has 5 atom stereocenters. The molecule has 0 radical (unpaired) electrons. The fourth-order valence-electron chi connectivity index (χ4n) is 4.51. The van der Waals surface area contributed by atoms with E-state index in [9.17, 15) is 38.4 Å². The number of ether oxygens (including phenoxy) is 9. The Morgan fingerprint density at radius 1 is 0.727 bits per heavy atom. The van der Waals surface area contributed by atoms with Crippen molar-refractivity contribution in [3.8, 4) is 5.88 Å². The highest BCUT2D eigenvalue weighted by Crippen LogP contribution is 2.27. The molecule has 1 aromatic rings. The molecule has 1 aliphatic rings. The molecule has 0 aromatic carbocycles. The van der Waals surface area contributed by atoms with Crippen molar-refractivity contribution in [3.05, 3.63) is 0 Å². The van der Waals surface area contributed by atoms with Gasteiger partial charge in [0.15, 0.2) is 43.7 Å². The maximum Gasteiger partial charge on any atom is 0.347 e. The normalized spacial score (nSPS) is 15.5. The van der Waals surface area contributed by atoms with E-state index in [-0.39, 0.29) is 19.0 Å². The van der Waals surface area contributed by atoms with Gasteiger partial charge in [0.05, 0.1) is 31.5 Å². The maximum absolute atomic E-state index is 13.5. The number of hydrogen-bond acceptors (Lipinski definition) is 21. The van der Waals surface area contributed by atoms with Gasteiger partial charge in [0.25, 0.3) is 11.8 Å². The van der Waals surface area contributed by atoms with Crippen molar-refractivity contribution >= 4 is 65.2 Å². The van der Waals surface area contributed by atoms with Gasteiger partial charge in [-0.15, -0.1) is 4.37 Å². The SMILES string of the molecule is CC(=O)OC(C)C(=O)OC(C)C(=O)OCC(=O)O[C@H](COc1nsnc1N1CCOCC1)CN(C(=O)COC(=O)C(C)OC(=O)C(C)OC(C)=O)C(C)(C)C. The van der Waals surface area contributed by atoms with Crippen LogP contribution in [0, 0.1) is 0 Å². The van der Waals surface area contributed by atoms with Gasteiger partial charge in [-0.2, -0.15) is 4.37 Å². The summed E-state index contributed by atoms with van der Waals surface area (Å²) in [5, 5.41) is 0. The summed E-state index contributed by atoms with van der Waals surface area (Å²) in [4.78, 5) is 101. The number of rotatable bonds is 19. The molecule has 1 amide bonds. The minimum absolute atomic E-state index is 0.132. The van der Waals surface area contributed by atoms with Gasteiger partial charge in [0.1, 0.15) is 6.61 Å². The van der Waals surface area contributed by atoms with Gasteiger partial charge >= 0.3 is 41.8 Å².